The van der Waals surface area contributed by atoms with E-state index in [1.165, 1.54) is 18.2 Å². The fourth-order valence-corrected chi connectivity index (χ4v) is 3.57. The Kier molecular flexibility index (Phi) is 5.75. The monoisotopic (exact) mass is 371 g/mol. The van der Waals surface area contributed by atoms with Crippen molar-refractivity contribution in [2.45, 2.75) is 17.4 Å². The molecule has 0 amide bonds. The second-order valence-electron chi connectivity index (χ2n) is 3.60. The molecule has 0 fully saturated rings. The average Bonchev–Trinajstić information content (AvgIpc) is 2.27. The predicted molar refractivity (Wildman–Crippen MR) is 72.6 cm³/mol. The van der Waals surface area contributed by atoms with Gasteiger partial charge in [-0.2, -0.15) is 4.72 Å². The molecule has 0 aliphatic carbocycles. The highest BCUT2D eigenvalue weighted by Gasteiger charge is 2.26. The number of hydrogen-bond donors (Lipinski definition) is 3. The van der Waals surface area contributed by atoms with E-state index >= 15 is 0 Å². The van der Waals surface area contributed by atoms with E-state index in [1.807, 2.05) is 4.72 Å². The molecule has 0 unspecified atom stereocenters. The Bertz CT molecular complexity index is 577. The van der Waals surface area contributed by atoms with Crippen molar-refractivity contribution in [2.24, 2.45) is 0 Å². The molecule has 1 aromatic carbocycles. The van der Waals surface area contributed by atoms with Crippen LogP contribution < -0.4 is 4.72 Å². The number of carbonyl (C=O) groups is 1. The van der Waals surface area contributed by atoms with Crippen molar-refractivity contribution in [1.29, 1.82) is 0 Å². The molecular weight excluding hydrogens is 362 g/mol. The molecule has 3 N–H and O–H groups in total. The fraction of sp³-hybridized carbons (Fsp3) is 0.300. The summed E-state index contributed by atoms with van der Waals surface area (Å²) in [7, 11) is -4.07. The highest BCUT2D eigenvalue weighted by molar-refractivity contribution is 9.10. The van der Waals surface area contributed by atoms with Gasteiger partial charge in [-0.1, -0.05) is 27.5 Å². The first-order valence-electron chi connectivity index (χ1n) is 5.09. The zero-order chi connectivity index (χ0) is 14.6. The Hall–Kier alpha value is -0.670. The number of rotatable bonds is 6. The van der Waals surface area contributed by atoms with Gasteiger partial charge in [0.05, 0.1) is 5.02 Å². The molecule has 9 heteroatoms. The molecule has 0 radical (unpaired) electrons. The van der Waals surface area contributed by atoms with Crippen LogP contribution in [-0.2, 0) is 14.8 Å². The molecular formula is C10H11BrClNO5S. The van der Waals surface area contributed by atoms with Gasteiger partial charge in [0, 0.05) is 11.1 Å². The number of nitrogens with one attached hydrogen (secondary N) is 1. The van der Waals surface area contributed by atoms with Crippen LogP contribution in [0.4, 0.5) is 0 Å². The number of aliphatic carboxylic acids is 1. The van der Waals surface area contributed by atoms with Gasteiger partial charge in [0.15, 0.2) is 0 Å². The fourth-order valence-electron chi connectivity index (χ4n) is 1.31. The van der Waals surface area contributed by atoms with Crippen LogP contribution in [0, 0.1) is 0 Å². The van der Waals surface area contributed by atoms with Crippen molar-refractivity contribution in [3.05, 3.63) is 27.7 Å². The molecule has 0 aromatic heterocycles. The normalized spacial score (nSPS) is 13.2. The Morgan fingerprint density at radius 3 is 2.58 bits per heavy atom. The zero-order valence-corrected chi connectivity index (χ0v) is 12.7. The lowest BCUT2D eigenvalue weighted by atomic mass is 10.2. The second kappa shape index (κ2) is 6.67. The van der Waals surface area contributed by atoms with E-state index in [0.29, 0.717) is 4.47 Å². The first-order valence-corrected chi connectivity index (χ1v) is 7.74. The average molecular weight is 373 g/mol. The number of benzene rings is 1. The van der Waals surface area contributed by atoms with Crippen LogP contribution in [0.1, 0.15) is 6.42 Å². The zero-order valence-electron chi connectivity index (χ0n) is 9.51. The molecule has 0 spiro atoms. The van der Waals surface area contributed by atoms with Crippen LogP contribution in [0.2, 0.25) is 5.02 Å². The van der Waals surface area contributed by atoms with E-state index in [9.17, 15) is 13.2 Å². The lowest BCUT2D eigenvalue weighted by Crippen LogP contribution is -2.41. The summed E-state index contributed by atoms with van der Waals surface area (Å²) in [6, 6.07) is 2.71. The van der Waals surface area contributed by atoms with Gasteiger partial charge in [-0.25, -0.2) is 8.42 Å². The number of carboxylic acid groups (broad SMARTS) is 1. The van der Waals surface area contributed by atoms with E-state index in [1.54, 1.807) is 0 Å². The maximum Gasteiger partial charge on any atom is 0.321 e. The Morgan fingerprint density at radius 1 is 1.47 bits per heavy atom. The van der Waals surface area contributed by atoms with Gasteiger partial charge in [0.1, 0.15) is 10.9 Å². The van der Waals surface area contributed by atoms with Crippen molar-refractivity contribution in [3.63, 3.8) is 0 Å². The standard InChI is InChI=1S/C10H11BrClNO5S/c11-6-1-2-9(7(12)5-6)19(17,18)13-8(3-4-14)10(15)16/h1-2,5,8,13-14H,3-4H2,(H,15,16)/t8-/m1/s1. The molecule has 1 aromatic rings. The van der Waals surface area contributed by atoms with Crippen molar-refractivity contribution < 1.29 is 23.4 Å². The van der Waals surface area contributed by atoms with Crippen LogP contribution in [0.25, 0.3) is 0 Å². The van der Waals surface area contributed by atoms with E-state index < -0.39 is 28.6 Å². The lowest BCUT2D eigenvalue weighted by molar-refractivity contribution is -0.139. The van der Waals surface area contributed by atoms with Crippen molar-refractivity contribution in [1.82, 2.24) is 4.72 Å². The third-order valence-electron chi connectivity index (χ3n) is 2.20. The summed E-state index contributed by atoms with van der Waals surface area (Å²) >= 11 is 8.94. The Balaban J connectivity index is 3.06. The first kappa shape index (κ1) is 16.4. The van der Waals surface area contributed by atoms with Crippen molar-refractivity contribution >= 4 is 43.5 Å². The first-order chi connectivity index (χ1) is 8.77. The van der Waals surface area contributed by atoms with Crippen LogP contribution in [-0.4, -0.2) is 37.2 Å². The summed E-state index contributed by atoms with van der Waals surface area (Å²) in [4.78, 5) is 10.6. The predicted octanol–water partition coefficient (Wildman–Crippen LogP) is 1.22. The summed E-state index contributed by atoms with van der Waals surface area (Å²) in [6.45, 7) is -0.451. The molecule has 1 atom stereocenters. The SMILES string of the molecule is O=C(O)[C@@H](CCO)NS(=O)(=O)c1ccc(Br)cc1Cl. The summed E-state index contributed by atoms with van der Waals surface area (Å²) in [6.07, 6.45) is -0.233. The molecule has 0 saturated carbocycles. The minimum absolute atomic E-state index is 0.0324. The third-order valence-corrected chi connectivity index (χ3v) is 4.64. The van der Waals surface area contributed by atoms with Gasteiger partial charge in [-0.15, -0.1) is 0 Å². The number of halogens is 2. The highest BCUT2D eigenvalue weighted by atomic mass is 79.9. The van der Waals surface area contributed by atoms with E-state index in [2.05, 4.69) is 15.9 Å². The summed E-state index contributed by atoms with van der Waals surface area (Å²) in [5, 5.41) is 17.5. The van der Waals surface area contributed by atoms with Gasteiger partial charge < -0.3 is 10.2 Å². The highest BCUT2D eigenvalue weighted by Crippen LogP contribution is 2.25. The summed E-state index contributed by atoms with van der Waals surface area (Å²) < 4.78 is 26.6. The molecule has 0 aliphatic rings. The minimum atomic E-state index is -4.07. The molecule has 19 heavy (non-hydrogen) atoms. The molecule has 0 heterocycles. The number of aliphatic hydroxyl groups is 1. The maximum absolute atomic E-state index is 12.0. The van der Waals surface area contributed by atoms with Gasteiger partial charge in [-0.3, -0.25) is 4.79 Å². The number of hydrogen-bond acceptors (Lipinski definition) is 4. The molecule has 1 rings (SSSR count). The van der Waals surface area contributed by atoms with Gasteiger partial charge >= 0.3 is 5.97 Å². The molecule has 0 saturated heterocycles. The van der Waals surface area contributed by atoms with E-state index in [0.717, 1.165) is 0 Å². The van der Waals surface area contributed by atoms with Gasteiger partial charge in [0.25, 0.3) is 0 Å². The summed E-state index contributed by atoms with van der Waals surface area (Å²) in [5.41, 5.74) is 0. The van der Waals surface area contributed by atoms with Crippen LogP contribution >= 0.6 is 27.5 Å². The third kappa shape index (κ3) is 4.43. The van der Waals surface area contributed by atoms with E-state index in [-0.39, 0.29) is 16.3 Å². The van der Waals surface area contributed by atoms with Crippen LogP contribution in [0.15, 0.2) is 27.6 Å². The second-order valence-corrected chi connectivity index (χ2v) is 6.60. The number of carboxylic acids is 1. The number of sulfonamides is 1. The summed E-state index contributed by atoms with van der Waals surface area (Å²) in [5.74, 6) is -1.37. The number of aliphatic hydroxyl groups excluding tert-OH is 1. The van der Waals surface area contributed by atoms with Crippen LogP contribution in [0.5, 0.6) is 0 Å². The Labute approximate surface area is 123 Å². The molecule has 0 aliphatic heterocycles. The van der Waals surface area contributed by atoms with Crippen molar-refractivity contribution in [3.8, 4) is 0 Å². The Morgan fingerprint density at radius 2 is 2.11 bits per heavy atom. The maximum atomic E-state index is 12.0. The van der Waals surface area contributed by atoms with Crippen molar-refractivity contribution in [2.75, 3.05) is 6.61 Å². The molecule has 6 nitrogen and oxygen atoms in total. The minimum Gasteiger partial charge on any atom is -0.480 e. The quantitative estimate of drug-likeness (QED) is 0.696. The van der Waals surface area contributed by atoms with Gasteiger partial charge in [0.2, 0.25) is 10.0 Å². The molecule has 106 valence electrons. The largest absolute Gasteiger partial charge is 0.480 e. The van der Waals surface area contributed by atoms with Crippen LogP contribution in [0.3, 0.4) is 0 Å². The van der Waals surface area contributed by atoms with Gasteiger partial charge in [-0.05, 0) is 24.6 Å². The smallest absolute Gasteiger partial charge is 0.321 e. The topological polar surface area (TPSA) is 104 Å². The lowest BCUT2D eigenvalue weighted by Gasteiger charge is -2.14. The van der Waals surface area contributed by atoms with E-state index in [4.69, 9.17) is 21.8 Å². The molecule has 0 bridgehead atoms.